The Morgan fingerprint density at radius 2 is 1.71 bits per heavy atom. The highest BCUT2D eigenvalue weighted by atomic mass is 32.3. The number of unbranched alkanes of at least 4 members (excludes halogenated alkanes) is 3. The molecule has 0 aromatic carbocycles. The van der Waals surface area contributed by atoms with Gasteiger partial charge in [0.25, 0.3) is 0 Å². The van der Waals surface area contributed by atoms with E-state index in [0.717, 1.165) is 6.42 Å². The van der Waals surface area contributed by atoms with Gasteiger partial charge in [-0.05, 0) is 25.8 Å². The number of aliphatic hydroxyl groups is 1. The number of allylic oxidation sites excluding steroid dienone is 2. The summed E-state index contributed by atoms with van der Waals surface area (Å²) in [5.74, 6) is 0.450. The van der Waals surface area contributed by atoms with Gasteiger partial charge in [0.15, 0.2) is 0 Å². The smallest absolute Gasteiger partial charge is 0.394 e. The third-order valence-corrected chi connectivity index (χ3v) is 1.25. The lowest BCUT2D eigenvalue weighted by molar-refractivity contribution is 0.381. The Labute approximate surface area is 85.0 Å². The van der Waals surface area contributed by atoms with E-state index >= 15 is 0 Å². The van der Waals surface area contributed by atoms with Crippen molar-refractivity contribution in [1.29, 1.82) is 0 Å². The number of hydrogen-bond acceptors (Lipinski definition) is 3. The molecule has 0 rings (SSSR count). The van der Waals surface area contributed by atoms with Crippen molar-refractivity contribution in [2.75, 3.05) is 0 Å². The third-order valence-electron chi connectivity index (χ3n) is 1.25. The Hall–Kier alpha value is -0.590. The van der Waals surface area contributed by atoms with Crippen molar-refractivity contribution in [3.63, 3.8) is 0 Å². The minimum atomic E-state index is -4.67. The Morgan fingerprint density at radius 3 is 2.00 bits per heavy atom. The summed E-state index contributed by atoms with van der Waals surface area (Å²) in [5, 5.41) is 8.71. The minimum Gasteiger partial charge on any atom is -0.513 e. The van der Waals surface area contributed by atoms with Crippen LogP contribution < -0.4 is 0 Å². The molecule has 0 aromatic rings. The zero-order valence-electron chi connectivity index (χ0n) is 8.47. The van der Waals surface area contributed by atoms with Crippen molar-refractivity contribution < 1.29 is 22.6 Å². The zero-order valence-corrected chi connectivity index (χ0v) is 9.29. The van der Waals surface area contributed by atoms with Crippen LogP contribution in [0.25, 0.3) is 0 Å². The summed E-state index contributed by atoms with van der Waals surface area (Å²) in [6.07, 6.45) is 6.61. The van der Waals surface area contributed by atoms with Crippen LogP contribution >= 0.6 is 0 Å². The van der Waals surface area contributed by atoms with E-state index in [9.17, 15) is 0 Å². The van der Waals surface area contributed by atoms with Gasteiger partial charge in [0, 0.05) is 0 Å². The lowest BCUT2D eigenvalue weighted by Gasteiger charge is -1.91. The lowest BCUT2D eigenvalue weighted by atomic mass is 10.2. The Bertz CT molecular complexity index is 230. The fourth-order valence-corrected chi connectivity index (χ4v) is 0.705. The van der Waals surface area contributed by atoms with Crippen LogP contribution in [0.3, 0.4) is 0 Å². The van der Waals surface area contributed by atoms with E-state index in [4.69, 9.17) is 22.6 Å². The fraction of sp³-hybridized carbons (Fsp3) is 0.750. The molecule has 0 aliphatic heterocycles. The molecule has 0 spiro atoms. The van der Waals surface area contributed by atoms with E-state index in [1.54, 1.807) is 6.92 Å². The molecule has 0 atom stereocenters. The average Bonchev–Trinajstić information content (AvgIpc) is 1.94. The van der Waals surface area contributed by atoms with Gasteiger partial charge < -0.3 is 5.11 Å². The molecule has 3 N–H and O–H groups in total. The van der Waals surface area contributed by atoms with Crippen LogP contribution in [0.15, 0.2) is 11.8 Å². The summed E-state index contributed by atoms with van der Waals surface area (Å²) in [7, 11) is -4.67. The Balaban J connectivity index is 0. The van der Waals surface area contributed by atoms with Crippen molar-refractivity contribution in [3.05, 3.63) is 11.8 Å². The standard InChI is InChI=1S/C8H16O.H2O4S/c1-3-4-5-6-7-8(2)9;1-5(2,3)4/h7,9H,3-6H2,1-2H3;(H2,1,2,3,4). The summed E-state index contributed by atoms with van der Waals surface area (Å²) in [6.45, 7) is 3.89. The fourth-order valence-electron chi connectivity index (χ4n) is 0.705. The van der Waals surface area contributed by atoms with Gasteiger partial charge in [-0.2, -0.15) is 8.42 Å². The maximum atomic E-state index is 8.74. The predicted molar refractivity (Wildman–Crippen MR) is 54.7 cm³/mol. The van der Waals surface area contributed by atoms with Crippen LogP contribution in [0.1, 0.15) is 39.5 Å². The predicted octanol–water partition coefficient (Wildman–Crippen LogP) is 2.38. The average molecular weight is 226 g/mol. The zero-order chi connectivity index (χ0) is 11.6. The van der Waals surface area contributed by atoms with Gasteiger partial charge in [-0.3, -0.25) is 9.11 Å². The Morgan fingerprint density at radius 1 is 1.29 bits per heavy atom. The second-order valence-electron chi connectivity index (χ2n) is 2.79. The number of rotatable bonds is 4. The van der Waals surface area contributed by atoms with Crippen LogP contribution in [0, 0.1) is 0 Å². The van der Waals surface area contributed by atoms with Crippen LogP contribution in [-0.4, -0.2) is 22.6 Å². The first-order chi connectivity index (χ1) is 6.27. The SMILES string of the molecule is CCCCCC=C(C)O.O=S(=O)(O)O. The molecule has 6 heteroatoms. The van der Waals surface area contributed by atoms with Crippen molar-refractivity contribution in [3.8, 4) is 0 Å². The molecule has 0 amide bonds. The maximum Gasteiger partial charge on any atom is 0.394 e. The van der Waals surface area contributed by atoms with E-state index in [1.165, 1.54) is 19.3 Å². The van der Waals surface area contributed by atoms with Crippen LogP contribution in [-0.2, 0) is 10.4 Å². The van der Waals surface area contributed by atoms with Gasteiger partial charge in [-0.15, -0.1) is 0 Å². The van der Waals surface area contributed by atoms with Gasteiger partial charge >= 0.3 is 10.4 Å². The third kappa shape index (κ3) is 42.2. The normalized spacial score (nSPS) is 11.9. The molecular formula is C8H18O5S. The van der Waals surface area contributed by atoms with Crippen molar-refractivity contribution in [2.45, 2.75) is 39.5 Å². The van der Waals surface area contributed by atoms with E-state index in [2.05, 4.69) is 6.92 Å². The van der Waals surface area contributed by atoms with Gasteiger partial charge in [0.1, 0.15) is 0 Å². The second-order valence-corrected chi connectivity index (χ2v) is 3.68. The van der Waals surface area contributed by atoms with Gasteiger partial charge in [-0.25, -0.2) is 0 Å². The second kappa shape index (κ2) is 8.98. The minimum absolute atomic E-state index is 0.450. The molecule has 5 nitrogen and oxygen atoms in total. The van der Waals surface area contributed by atoms with Gasteiger partial charge in [0.05, 0.1) is 5.76 Å². The van der Waals surface area contributed by atoms with Crippen molar-refractivity contribution in [2.24, 2.45) is 0 Å². The molecule has 0 radical (unpaired) electrons. The Kier molecular flexibility index (Phi) is 10.2. The topological polar surface area (TPSA) is 94.8 Å². The molecule has 0 bridgehead atoms. The molecule has 0 heterocycles. The highest BCUT2D eigenvalue weighted by Crippen LogP contribution is 2.00. The monoisotopic (exact) mass is 226 g/mol. The molecule has 86 valence electrons. The van der Waals surface area contributed by atoms with Crippen LogP contribution in [0.2, 0.25) is 0 Å². The summed E-state index contributed by atoms with van der Waals surface area (Å²) >= 11 is 0. The largest absolute Gasteiger partial charge is 0.513 e. The molecule has 0 aliphatic rings. The number of hydrogen-bond donors (Lipinski definition) is 3. The van der Waals surface area contributed by atoms with E-state index < -0.39 is 10.4 Å². The summed E-state index contributed by atoms with van der Waals surface area (Å²) in [6, 6.07) is 0. The quantitative estimate of drug-likeness (QED) is 0.388. The molecule has 0 saturated heterocycles. The van der Waals surface area contributed by atoms with Crippen LogP contribution in [0.5, 0.6) is 0 Å². The van der Waals surface area contributed by atoms with E-state index in [1.807, 2.05) is 6.08 Å². The molecule has 0 unspecified atom stereocenters. The molecule has 14 heavy (non-hydrogen) atoms. The van der Waals surface area contributed by atoms with Crippen molar-refractivity contribution >= 4 is 10.4 Å². The highest BCUT2D eigenvalue weighted by molar-refractivity contribution is 7.79. The lowest BCUT2D eigenvalue weighted by Crippen LogP contribution is -1.89. The van der Waals surface area contributed by atoms with E-state index in [0.29, 0.717) is 5.76 Å². The summed E-state index contributed by atoms with van der Waals surface area (Å²) in [5.41, 5.74) is 0. The highest BCUT2D eigenvalue weighted by Gasteiger charge is 1.84. The van der Waals surface area contributed by atoms with Crippen molar-refractivity contribution in [1.82, 2.24) is 0 Å². The van der Waals surface area contributed by atoms with Gasteiger partial charge in [0.2, 0.25) is 0 Å². The van der Waals surface area contributed by atoms with Crippen LogP contribution in [0.4, 0.5) is 0 Å². The molecule has 0 fully saturated rings. The first kappa shape index (κ1) is 15.9. The molecular weight excluding hydrogens is 208 g/mol. The summed E-state index contributed by atoms with van der Waals surface area (Å²) < 4.78 is 31.6. The summed E-state index contributed by atoms with van der Waals surface area (Å²) in [4.78, 5) is 0. The first-order valence-corrected chi connectivity index (χ1v) is 5.72. The molecule has 0 aromatic heterocycles. The van der Waals surface area contributed by atoms with Gasteiger partial charge in [-0.1, -0.05) is 19.8 Å². The number of aliphatic hydroxyl groups excluding tert-OH is 1. The molecule has 0 saturated carbocycles. The maximum absolute atomic E-state index is 8.74. The van der Waals surface area contributed by atoms with E-state index in [-0.39, 0.29) is 0 Å². The first-order valence-electron chi connectivity index (χ1n) is 4.33. The molecule has 0 aliphatic carbocycles.